The van der Waals surface area contributed by atoms with Gasteiger partial charge in [0, 0.05) is 24.6 Å². The molecule has 0 saturated heterocycles. The first-order chi connectivity index (χ1) is 9.06. The monoisotopic (exact) mass is 324 g/mol. The van der Waals surface area contributed by atoms with Crippen LogP contribution in [0.3, 0.4) is 0 Å². The summed E-state index contributed by atoms with van der Waals surface area (Å²) in [6, 6.07) is 0.404. The van der Waals surface area contributed by atoms with Crippen LogP contribution in [0.2, 0.25) is 0 Å². The van der Waals surface area contributed by atoms with E-state index in [4.69, 9.17) is 0 Å². The van der Waals surface area contributed by atoms with Crippen LogP contribution in [0.25, 0.3) is 5.65 Å². The van der Waals surface area contributed by atoms with Crippen molar-refractivity contribution in [2.75, 3.05) is 5.32 Å². The molecule has 0 saturated carbocycles. The molecule has 2 heterocycles. The minimum Gasteiger partial charge on any atom is -0.364 e. The quantitative estimate of drug-likeness (QED) is 0.869. The SMILES string of the molecule is CC(C)CCCC(C)Nc1nc(Br)cn2ccnc12. The number of rotatable bonds is 6. The zero-order valence-electron chi connectivity index (χ0n) is 11.7. The molecular weight excluding hydrogens is 304 g/mol. The Balaban J connectivity index is 2.02. The highest BCUT2D eigenvalue weighted by molar-refractivity contribution is 9.10. The molecule has 2 aromatic rings. The molecule has 0 fully saturated rings. The maximum absolute atomic E-state index is 4.48. The molecule has 4 nitrogen and oxygen atoms in total. The summed E-state index contributed by atoms with van der Waals surface area (Å²) >= 11 is 3.43. The van der Waals surface area contributed by atoms with Crippen molar-refractivity contribution in [1.82, 2.24) is 14.4 Å². The van der Waals surface area contributed by atoms with E-state index in [9.17, 15) is 0 Å². The van der Waals surface area contributed by atoms with Crippen LogP contribution in [-0.4, -0.2) is 20.4 Å². The fourth-order valence-electron chi connectivity index (χ4n) is 2.14. The summed E-state index contributed by atoms with van der Waals surface area (Å²) < 4.78 is 2.79. The Morgan fingerprint density at radius 1 is 1.32 bits per heavy atom. The largest absolute Gasteiger partial charge is 0.364 e. The van der Waals surface area contributed by atoms with Crippen molar-refractivity contribution in [3.05, 3.63) is 23.2 Å². The Morgan fingerprint density at radius 3 is 2.84 bits per heavy atom. The standard InChI is InChI=1S/C14H21BrN4/c1-10(2)5-4-6-11(3)17-13-14-16-7-8-19(14)9-12(15)18-13/h7-11H,4-6H2,1-3H3,(H,17,18). The summed E-state index contributed by atoms with van der Waals surface area (Å²) in [6.07, 6.45) is 9.30. The molecule has 1 atom stereocenters. The van der Waals surface area contributed by atoms with Crippen LogP contribution in [0.5, 0.6) is 0 Å². The number of fused-ring (bicyclic) bond motifs is 1. The van der Waals surface area contributed by atoms with E-state index in [0.29, 0.717) is 6.04 Å². The van der Waals surface area contributed by atoms with Gasteiger partial charge in [0.2, 0.25) is 0 Å². The van der Waals surface area contributed by atoms with E-state index in [-0.39, 0.29) is 0 Å². The number of aromatic nitrogens is 3. The number of nitrogens with zero attached hydrogens (tertiary/aromatic N) is 3. The predicted octanol–water partition coefficient (Wildman–Crippen LogP) is 4.12. The lowest BCUT2D eigenvalue weighted by Crippen LogP contribution is -2.17. The molecule has 0 amide bonds. The van der Waals surface area contributed by atoms with Crippen LogP contribution in [-0.2, 0) is 0 Å². The molecule has 0 aromatic carbocycles. The van der Waals surface area contributed by atoms with Crippen molar-refractivity contribution < 1.29 is 0 Å². The summed E-state index contributed by atoms with van der Waals surface area (Å²) in [6.45, 7) is 6.73. The van der Waals surface area contributed by atoms with E-state index in [1.807, 2.05) is 16.8 Å². The predicted molar refractivity (Wildman–Crippen MR) is 82.5 cm³/mol. The molecule has 0 aliphatic carbocycles. The molecule has 0 bridgehead atoms. The molecule has 2 aromatic heterocycles. The van der Waals surface area contributed by atoms with E-state index in [0.717, 1.165) is 28.4 Å². The average molecular weight is 325 g/mol. The zero-order chi connectivity index (χ0) is 13.8. The van der Waals surface area contributed by atoms with Gasteiger partial charge in [-0.15, -0.1) is 0 Å². The van der Waals surface area contributed by atoms with Crippen LogP contribution < -0.4 is 5.32 Å². The van der Waals surface area contributed by atoms with Gasteiger partial charge in [0.25, 0.3) is 0 Å². The van der Waals surface area contributed by atoms with Gasteiger partial charge in [0.15, 0.2) is 11.5 Å². The molecular formula is C14H21BrN4. The third kappa shape index (κ3) is 3.93. The first-order valence-electron chi connectivity index (χ1n) is 6.82. The van der Waals surface area contributed by atoms with E-state index in [1.54, 1.807) is 6.20 Å². The lowest BCUT2D eigenvalue weighted by Gasteiger charge is -2.15. The molecule has 1 unspecified atom stereocenters. The Labute approximate surface area is 122 Å². The van der Waals surface area contributed by atoms with Gasteiger partial charge >= 0.3 is 0 Å². The highest BCUT2D eigenvalue weighted by Gasteiger charge is 2.09. The Morgan fingerprint density at radius 2 is 2.11 bits per heavy atom. The van der Waals surface area contributed by atoms with Gasteiger partial charge in [-0.25, -0.2) is 9.97 Å². The Kier molecular flexibility index (Phi) is 4.80. The number of hydrogen-bond acceptors (Lipinski definition) is 3. The number of hydrogen-bond donors (Lipinski definition) is 1. The second-order valence-corrected chi connectivity index (χ2v) is 6.25. The van der Waals surface area contributed by atoms with Gasteiger partial charge in [0.05, 0.1) is 0 Å². The second-order valence-electron chi connectivity index (χ2n) is 5.44. The zero-order valence-corrected chi connectivity index (χ0v) is 13.3. The normalized spacial score (nSPS) is 13.1. The van der Waals surface area contributed by atoms with Crippen LogP contribution in [0, 0.1) is 5.92 Å². The minimum absolute atomic E-state index is 0.404. The molecule has 0 aliphatic rings. The van der Waals surface area contributed by atoms with Crippen molar-refractivity contribution in [2.45, 2.75) is 46.1 Å². The van der Waals surface area contributed by atoms with Crippen LogP contribution in [0.1, 0.15) is 40.0 Å². The smallest absolute Gasteiger partial charge is 0.180 e. The van der Waals surface area contributed by atoms with Gasteiger partial charge < -0.3 is 9.72 Å². The molecule has 19 heavy (non-hydrogen) atoms. The van der Waals surface area contributed by atoms with E-state index in [2.05, 4.69) is 52.0 Å². The average Bonchev–Trinajstić information content (AvgIpc) is 2.76. The highest BCUT2D eigenvalue weighted by atomic mass is 79.9. The number of anilines is 1. The maximum atomic E-state index is 4.48. The highest BCUT2D eigenvalue weighted by Crippen LogP contribution is 2.19. The summed E-state index contributed by atoms with van der Waals surface area (Å²) in [7, 11) is 0. The van der Waals surface area contributed by atoms with Gasteiger partial charge in [-0.3, -0.25) is 0 Å². The Bertz CT molecular complexity index is 535. The molecule has 104 valence electrons. The molecule has 0 spiro atoms. The van der Waals surface area contributed by atoms with Gasteiger partial charge in [-0.1, -0.05) is 26.7 Å². The van der Waals surface area contributed by atoms with E-state index >= 15 is 0 Å². The Hall–Kier alpha value is -1.10. The molecule has 1 N–H and O–H groups in total. The molecule has 2 rings (SSSR count). The van der Waals surface area contributed by atoms with E-state index in [1.165, 1.54) is 12.8 Å². The number of halogens is 1. The number of imidazole rings is 1. The first-order valence-corrected chi connectivity index (χ1v) is 7.61. The fraction of sp³-hybridized carbons (Fsp3) is 0.571. The maximum Gasteiger partial charge on any atom is 0.180 e. The summed E-state index contributed by atoms with van der Waals surface area (Å²) in [4.78, 5) is 8.82. The second kappa shape index (κ2) is 6.37. The third-order valence-electron chi connectivity index (χ3n) is 3.15. The van der Waals surface area contributed by atoms with E-state index < -0.39 is 0 Å². The summed E-state index contributed by atoms with van der Waals surface area (Å²) in [5.74, 6) is 1.62. The van der Waals surface area contributed by atoms with Crippen LogP contribution >= 0.6 is 15.9 Å². The summed E-state index contributed by atoms with van der Waals surface area (Å²) in [5, 5.41) is 3.46. The van der Waals surface area contributed by atoms with Crippen molar-refractivity contribution >= 4 is 27.4 Å². The molecule has 5 heteroatoms. The lowest BCUT2D eigenvalue weighted by atomic mass is 10.0. The van der Waals surface area contributed by atoms with Gasteiger partial charge in [-0.05, 0) is 35.2 Å². The first kappa shape index (κ1) is 14.3. The van der Waals surface area contributed by atoms with Gasteiger partial charge in [0.1, 0.15) is 4.60 Å². The molecule has 0 aliphatic heterocycles. The summed E-state index contributed by atoms with van der Waals surface area (Å²) in [5.41, 5.74) is 0.874. The van der Waals surface area contributed by atoms with Crippen molar-refractivity contribution in [2.24, 2.45) is 5.92 Å². The van der Waals surface area contributed by atoms with Crippen molar-refractivity contribution in [3.63, 3.8) is 0 Å². The number of nitrogens with one attached hydrogen (secondary N) is 1. The minimum atomic E-state index is 0.404. The lowest BCUT2D eigenvalue weighted by molar-refractivity contribution is 0.520. The molecule has 0 radical (unpaired) electrons. The van der Waals surface area contributed by atoms with Crippen molar-refractivity contribution in [3.8, 4) is 0 Å². The van der Waals surface area contributed by atoms with Crippen LogP contribution in [0.4, 0.5) is 5.82 Å². The third-order valence-corrected chi connectivity index (χ3v) is 3.53. The van der Waals surface area contributed by atoms with Crippen molar-refractivity contribution in [1.29, 1.82) is 0 Å². The topological polar surface area (TPSA) is 42.2 Å². The van der Waals surface area contributed by atoms with Gasteiger partial charge in [-0.2, -0.15) is 0 Å². The fourth-order valence-corrected chi connectivity index (χ4v) is 2.53. The van der Waals surface area contributed by atoms with Crippen LogP contribution in [0.15, 0.2) is 23.2 Å².